The van der Waals surface area contributed by atoms with Gasteiger partial charge in [-0.1, -0.05) is 24.2 Å². The summed E-state index contributed by atoms with van der Waals surface area (Å²) < 4.78 is 7.58. The van der Waals surface area contributed by atoms with E-state index in [1.165, 1.54) is 10.9 Å². The van der Waals surface area contributed by atoms with E-state index in [0.717, 1.165) is 54.6 Å². The molecule has 3 aromatic rings. The van der Waals surface area contributed by atoms with Crippen molar-refractivity contribution in [1.82, 2.24) is 14.5 Å². The smallest absolute Gasteiger partial charge is 0.155 e. The highest BCUT2D eigenvalue weighted by Gasteiger charge is 2.20. The van der Waals surface area contributed by atoms with E-state index in [9.17, 15) is 0 Å². The van der Waals surface area contributed by atoms with Gasteiger partial charge < -0.3 is 19.5 Å². The van der Waals surface area contributed by atoms with Gasteiger partial charge in [0, 0.05) is 59.9 Å². The molecule has 5 nitrogen and oxygen atoms in total. The first-order valence-electron chi connectivity index (χ1n) is 9.04. The van der Waals surface area contributed by atoms with Crippen LogP contribution in [0.15, 0.2) is 43.2 Å². The van der Waals surface area contributed by atoms with Crippen molar-refractivity contribution in [2.75, 3.05) is 31.6 Å². The minimum absolute atomic E-state index is 0.691. The van der Waals surface area contributed by atoms with Gasteiger partial charge in [-0.15, -0.1) is 0 Å². The van der Waals surface area contributed by atoms with E-state index in [1.54, 1.807) is 0 Å². The van der Waals surface area contributed by atoms with Crippen LogP contribution in [0.2, 0.25) is 5.02 Å². The Hall–Kier alpha value is -2.50. The van der Waals surface area contributed by atoms with Gasteiger partial charge in [0.2, 0.25) is 0 Å². The van der Waals surface area contributed by atoms with Gasteiger partial charge in [0.15, 0.2) is 5.82 Å². The summed E-state index contributed by atoms with van der Waals surface area (Å²) in [6.07, 6.45) is 4.05. The number of anilines is 2. The number of morpholine rings is 1. The number of nitrogens with zero attached hydrogens (tertiary/aromatic N) is 3. The Morgan fingerprint density at radius 2 is 2.07 bits per heavy atom. The van der Waals surface area contributed by atoms with Crippen LogP contribution in [0.1, 0.15) is 11.1 Å². The molecular formula is C21H23ClN4O. The van der Waals surface area contributed by atoms with Crippen molar-refractivity contribution >= 4 is 39.7 Å². The molecule has 0 aliphatic carbocycles. The van der Waals surface area contributed by atoms with Gasteiger partial charge in [-0.3, -0.25) is 0 Å². The number of aryl methyl sites for hydroxylation is 2. The van der Waals surface area contributed by atoms with Crippen molar-refractivity contribution in [3.63, 3.8) is 0 Å². The summed E-state index contributed by atoms with van der Waals surface area (Å²) in [5, 5.41) is 5.27. The SMILES string of the molecule is C=C(c1cnc(Nc2cccc(Cl)c2)c2c1c(C)cn2C)N1CCOCC1. The summed E-state index contributed by atoms with van der Waals surface area (Å²) in [6, 6.07) is 7.66. The monoisotopic (exact) mass is 382 g/mol. The van der Waals surface area contributed by atoms with E-state index in [1.807, 2.05) is 37.5 Å². The molecule has 3 heterocycles. The quantitative estimate of drug-likeness (QED) is 0.717. The van der Waals surface area contributed by atoms with Gasteiger partial charge in [0.25, 0.3) is 0 Å². The Kier molecular flexibility index (Phi) is 4.81. The lowest BCUT2D eigenvalue weighted by Gasteiger charge is -2.31. The molecule has 1 aliphatic rings. The molecule has 0 spiro atoms. The Morgan fingerprint density at radius 1 is 1.30 bits per heavy atom. The van der Waals surface area contributed by atoms with Gasteiger partial charge in [0.1, 0.15) is 0 Å². The number of rotatable bonds is 4. The molecule has 1 N–H and O–H groups in total. The second-order valence-electron chi connectivity index (χ2n) is 6.85. The molecule has 0 unspecified atom stereocenters. The first-order valence-corrected chi connectivity index (χ1v) is 9.41. The number of hydrogen-bond acceptors (Lipinski definition) is 4. The molecule has 0 saturated carbocycles. The molecule has 1 aromatic carbocycles. The molecule has 1 aliphatic heterocycles. The Labute approximate surface area is 164 Å². The lowest BCUT2D eigenvalue weighted by Crippen LogP contribution is -2.34. The van der Waals surface area contributed by atoms with Gasteiger partial charge in [-0.2, -0.15) is 0 Å². The summed E-state index contributed by atoms with van der Waals surface area (Å²) in [5.74, 6) is 0.807. The van der Waals surface area contributed by atoms with E-state index >= 15 is 0 Å². The van der Waals surface area contributed by atoms with E-state index < -0.39 is 0 Å². The lowest BCUT2D eigenvalue weighted by molar-refractivity contribution is 0.0641. The first kappa shape index (κ1) is 17.9. The van der Waals surface area contributed by atoms with E-state index in [4.69, 9.17) is 21.3 Å². The van der Waals surface area contributed by atoms with Gasteiger partial charge >= 0.3 is 0 Å². The van der Waals surface area contributed by atoms with Crippen LogP contribution in [0, 0.1) is 6.92 Å². The van der Waals surface area contributed by atoms with E-state index in [2.05, 4.69) is 34.5 Å². The van der Waals surface area contributed by atoms with Crippen molar-refractivity contribution < 1.29 is 4.74 Å². The highest BCUT2D eigenvalue weighted by Crippen LogP contribution is 2.34. The van der Waals surface area contributed by atoms with Crippen LogP contribution in [0.25, 0.3) is 16.6 Å². The zero-order chi connectivity index (χ0) is 19.0. The maximum atomic E-state index is 6.12. The largest absolute Gasteiger partial charge is 0.378 e. The van der Waals surface area contributed by atoms with Crippen LogP contribution in [-0.4, -0.2) is 40.8 Å². The molecule has 0 radical (unpaired) electrons. The molecule has 27 heavy (non-hydrogen) atoms. The number of ether oxygens (including phenoxy) is 1. The number of aromatic nitrogens is 2. The highest BCUT2D eigenvalue weighted by molar-refractivity contribution is 6.30. The number of benzene rings is 1. The third-order valence-corrected chi connectivity index (χ3v) is 5.21. The van der Waals surface area contributed by atoms with Crippen LogP contribution in [0.5, 0.6) is 0 Å². The number of halogens is 1. The molecule has 6 heteroatoms. The zero-order valence-electron chi connectivity index (χ0n) is 15.6. The summed E-state index contributed by atoms with van der Waals surface area (Å²) in [7, 11) is 2.04. The number of hydrogen-bond donors (Lipinski definition) is 1. The maximum absolute atomic E-state index is 6.12. The second-order valence-corrected chi connectivity index (χ2v) is 7.29. The van der Waals surface area contributed by atoms with E-state index in [-0.39, 0.29) is 0 Å². The molecule has 0 atom stereocenters. The lowest BCUT2D eigenvalue weighted by atomic mass is 10.1. The van der Waals surface area contributed by atoms with Gasteiger partial charge in [-0.05, 0) is 30.7 Å². The summed E-state index contributed by atoms with van der Waals surface area (Å²) in [5.41, 5.74) is 5.24. The molecule has 1 fully saturated rings. The predicted molar refractivity (Wildman–Crippen MR) is 112 cm³/mol. The molecule has 0 amide bonds. The Bertz CT molecular complexity index is 1000. The Morgan fingerprint density at radius 3 is 2.81 bits per heavy atom. The standard InChI is InChI=1S/C21H23ClN4O/c1-14-13-25(3)20-19(14)18(15(2)26-7-9-27-10-8-26)12-23-21(20)24-17-6-4-5-16(22)11-17/h4-6,11-13H,2,7-10H2,1,3H3,(H,23,24). The molecule has 1 saturated heterocycles. The average Bonchev–Trinajstić information content (AvgIpc) is 2.97. The van der Waals surface area contributed by atoms with Crippen LogP contribution in [0.3, 0.4) is 0 Å². The predicted octanol–water partition coefficient (Wildman–Crippen LogP) is 4.58. The second kappa shape index (κ2) is 7.25. The zero-order valence-corrected chi connectivity index (χ0v) is 16.4. The fraction of sp³-hybridized carbons (Fsp3) is 0.286. The fourth-order valence-corrected chi connectivity index (χ4v) is 3.87. The van der Waals surface area contributed by atoms with Gasteiger partial charge in [0.05, 0.1) is 18.7 Å². The molecule has 4 rings (SSSR count). The number of fused-ring (bicyclic) bond motifs is 1. The van der Waals surface area contributed by atoms with Crippen LogP contribution in [-0.2, 0) is 11.8 Å². The van der Waals surface area contributed by atoms with Crippen LogP contribution >= 0.6 is 11.6 Å². The molecule has 0 bridgehead atoms. The molecular weight excluding hydrogens is 360 g/mol. The summed E-state index contributed by atoms with van der Waals surface area (Å²) >= 11 is 6.12. The minimum atomic E-state index is 0.691. The van der Waals surface area contributed by atoms with Crippen molar-refractivity contribution in [2.24, 2.45) is 7.05 Å². The van der Waals surface area contributed by atoms with Crippen LogP contribution < -0.4 is 5.32 Å². The van der Waals surface area contributed by atoms with Crippen molar-refractivity contribution in [2.45, 2.75) is 6.92 Å². The normalized spacial score (nSPS) is 14.6. The molecule has 2 aromatic heterocycles. The Balaban J connectivity index is 1.78. The third kappa shape index (κ3) is 3.40. The van der Waals surface area contributed by atoms with Crippen molar-refractivity contribution in [3.05, 3.63) is 59.4 Å². The van der Waals surface area contributed by atoms with Crippen molar-refractivity contribution in [1.29, 1.82) is 0 Å². The summed E-state index contributed by atoms with van der Waals surface area (Å²) in [6.45, 7) is 9.66. The number of pyridine rings is 1. The topological polar surface area (TPSA) is 42.3 Å². The highest BCUT2D eigenvalue weighted by atomic mass is 35.5. The fourth-order valence-electron chi connectivity index (χ4n) is 3.68. The van der Waals surface area contributed by atoms with Crippen molar-refractivity contribution in [3.8, 4) is 0 Å². The third-order valence-electron chi connectivity index (χ3n) is 4.98. The van der Waals surface area contributed by atoms with Crippen LogP contribution in [0.4, 0.5) is 11.5 Å². The first-order chi connectivity index (χ1) is 13.0. The average molecular weight is 383 g/mol. The maximum Gasteiger partial charge on any atom is 0.155 e. The van der Waals surface area contributed by atoms with E-state index in [0.29, 0.717) is 5.02 Å². The number of nitrogens with one attached hydrogen (secondary N) is 1. The molecule has 140 valence electrons. The minimum Gasteiger partial charge on any atom is -0.378 e. The van der Waals surface area contributed by atoms with Gasteiger partial charge in [-0.25, -0.2) is 4.98 Å². The summed E-state index contributed by atoms with van der Waals surface area (Å²) in [4.78, 5) is 7.00.